The van der Waals surface area contributed by atoms with Crippen molar-refractivity contribution < 1.29 is 61.8 Å². The Morgan fingerprint density at radius 2 is 1.10 bits per heavy atom. The maximum atomic E-state index is 11.4. The molecule has 0 saturated carbocycles. The molecule has 0 heterocycles. The molecule has 0 aliphatic carbocycles. The minimum absolute atomic E-state index is 0. The number of carbonyl (C=O) groups is 2. The Morgan fingerprint density at radius 3 is 1.33 bits per heavy atom. The fourth-order valence-corrected chi connectivity index (χ4v) is 2.63. The van der Waals surface area contributed by atoms with Gasteiger partial charge in [-0.3, -0.25) is 4.79 Å². The van der Waals surface area contributed by atoms with Gasteiger partial charge in [0.1, 0.15) is 0 Å². The van der Waals surface area contributed by atoms with Crippen LogP contribution in [0.1, 0.15) is 33.7 Å². The first-order valence-electron chi connectivity index (χ1n) is 9.42. The second-order valence-corrected chi connectivity index (χ2v) is 35.6. The van der Waals surface area contributed by atoms with Gasteiger partial charge in [0.05, 0.1) is 21.2 Å². The van der Waals surface area contributed by atoms with E-state index in [1.165, 1.54) is 11.0 Å². The number of amides is 1. The van der Waals surface area contributed by atoms with E-state index < -0.39 is 5.97 Å². The second kappa shape index (κ2) is 33.2. The SMILES string of the molecule is C.CN(C)C(=O)c1ccccc1Cl.Cc1ccccc1Cl.I[I-]I.O=C(O)c1ccccc1Cl.[I][V][I].[Li+].[OH-]. The van der Waals surface area contributed by atoms with Crippen molar-refractivity contribution in [3.63, 3.8) is 0 Å². The van der Waals surface area contributed by atoms with Crippen LogP contribution < -0.4 is 32.1 Å². The Balaban J connectivity index is -0.000000131. The molecule has 0 aromatic heterocycles. The molecule has 0 spiro atoms. The summed E-state index contributed by atoms with van der Waals surface area (Å²) in [6.07, 6.45) is 0. The van der Waals surface area contributed by atoms with Crippen LogP contribution in [0.3, 0.4) is 0 Å². The molecule has 0 saturated heterocycles. The van der Waals surface area contributed by atoms with Gasteiger partial charge in [-0.1, -0.05) is 84.7 Å². The fourth-order valence-electron chi connectivity index (χ4n) is 2.06. The van der Waals surface area contributed by atoms with Crippen molar-refractivity contribution in [2.75, 3.05) is 14.1 Å². The minimum Gasteiger partial charge on any atom is -0.870 e. The van der Waals surface area contributed by atoms with Crippen molar-refractivity contribution in [3.05, 3.63) is 105 Å². The predicted molar refractivity (Wildman–Crippen MR) is 189 cm³/mol. The van der Waals surface area contributed by atoms with E-state index in [0.717, 1.165) is 10.6 Å². The van der Waals surface area contributed by atoms with Gasteiger partial charge in [0, 0.05) is 19.1 Å². The first-order chi connectivity index (χ1) is 17.0. The Hall–Kier alpha value is 2.26. The van der Waals surface area contributed by atoms with Gasteiger partial charge >= 0.3 is 125 Å². The summed E-state index contributed by atoms with van der Waals surface area (Å²) in [4.78, 5) is 23.2. The van der Waals surface area contributed by atoms with Gasteiger partial charge in [0.2, 0.25) is 0 Å². The number of rotatable bonds is 2. The standard InChI is InChI=1S/C9H10ClNO.C7H5ClO2.C7H7Cl.CH4.I3.2HI.Li.H2O.V/c1-11(2)9(12)7-5-3-4-6-8(7)10;8-6-4-2-1-3-5(6)7(9)10;1-6-4-2-3-5-7(6)8;;1-3-2;;;;;/h3-6H,1-2H3;1-4H,(H,9,10);2-5H,1H3;1H4;;2*1H;;1H2;/q;;;;-1;;;+1;;+2/p-3. The molecule has 0 fully saturated rings. The smallest absolute Gasteiger partial charge is 0.870 e. The summed E-state index contributed by atoms with van der Waals surface area (Å²) in [6, 6.07) is 21.1. The number of hydrogen-bond acceptors (Lipinski definition) is 3. The van der Waals surface area contributed by atoms with E-state index in [1.54, 1.807) is 56.6 Å². The molecule has 0 radical (unpaired) electrons. The van der Waals surface area contributed by atoms with Crippen molar-refractivity contribution in [3.8, 4) is 0 Å². The van der Waals surface area contributed by atoms with Gasteiger partial charge < -0.3 is 15.5 Å². The van der Waals surface area contributed by atoms with Crippen LogP contribution in [-0.2, 0) is 9.47 Å². The maximum Gasteiger partial charge on any atom is 1.00 e. The Labute approximate surface area is 318 Å². The molecule has 0 bridgehead atoms. The van der Waals surface area contributed by atoms with Crippen LogP contribution in [0.5, 0.6) is 0 Å². The van der Waals surface area contributed by atoms with Gasteiger partial charge in [0.15, 0.2) is 0 Å². The normalized spacial score (nSPS) is 8.15. The van der Waals surface area contributed by atoms with Gasteiger partial charge in [-0.25, -0.2) is 4.79 Å². The number of benzene rings is 3. The number of aromatic carboxylic acids is 1. The first-order valence-corrected chi connectivity index (χ1v) is 32.1. The maximum absolute atomic E-state index is 11.4. The zero-order valence-corrected chi connectivity index (χ0v) is 35.0. The van der Waals surface area contributed by atoms with E-state index in [4.69, 9.17) is 39.9 Å². The molecule has 5 nitrogen and oxygen atoms in total. The van der Waals surface area contributed by atoms with Crippen LogP contribution in [0.2, 0.25) is 15.1 Å². The van der Waals surface area contributed by atoms with Gasteiger partial charge in [-0.15, -0.1) is 0 Å². The molecular weight excluding hydrogens is 1170 g/mol. The monoisotopic (exact) mass is 1190 g/mol. The quantitative estimate of drug-likeness (QED) is 0.297. The van der Waals surface area contributed by atoms with Crippen molar-refractivity contribution in [2.45, 2.75) is 14.4 Å². The van der Waals surface area contributed by atoms with E-state index in [0.29, 0.717) is 33.3 Å². The van der Waals surface area contributed by atoms with E-state index >= 15 is 0 Å². The summed E-state index contributed by atoms with van der Waals surface area (Å²) < 4.78 is 0. The number of carbonyl (C=O) groups excluding carboxylic acids is 1. The first kappa shape index (κ1) is 50.9. The average molecular weight is 1190 g/mol. The Kier molecular flexibility index (Phi) is 43.3. The van der Waals surface area contributed by atoms with E-state index in [-0.39, 0.29) is 48.3 Å². The third kappa shape index (κ3) is 26.4. The second-order valence-electron chi connectivity index (χ2n) is 6.33. The molecule has 3 aromatic rings. The molecule has 1 amide bonds. The molecular formula is C24H27Cl3I5LiNO4V-. The number of halogens is 8. The van der Waals surface area contributed by atoms with Crippen molar-refractivity contribution in [1.29, 1.82) is 0 Å². The summed E-state index contributed by atoms with van der Waals surface area (Å²) in [5.41, 5.74) is 1.82. The van der Waals surface area contributed by atoms with E-state index in [2.05, 4.69) is 77.2 Å². The summed E-state index contributed by atoms with van der Waals surface area (Å²) in [6.45, 7) is 1.99. The third-order valence-corrected chi connectivity index (χ3v) is 4.77. The largest absolute Gasteiger partial charge is 1.00 e. The molecule has 3 rings (SSSR count). The molecule has 3 aromatic carbocycles. The summed E-state index contributed by atoms with van der Waals surface area (Å²) >= 11 is 27.1. The number of aryl methyl sites for hydroxylation is 1. The Bertz CT molecular complexity index is 1040. The zero-order valence-electron chi connectivity index (χ0n) is 20.6. The van der Waals surface area contributed by atoms with Crippen LogP contribution in [0.4, 0.5) is 0 Å². The van der Waals surface area contributed by atoms with Crippen molar-refractivity contribution in [2.24, 2.45) is 0 Å². The zero-order chi connectivity index (χ0) is 28.1. The van der Waals surface area contributed by atoms with Crippen LogP contribution in [0.25, 0.3) is 0 Å². The molecule has 0 atom stereocenters. The van der Waals surface area contributed by atoms with Crippen LogP contribution in [-0.4, -0.2) is 41.5 Å². The van der Waals surface area contributed by atoms with E-state index in [1.807, 2.05) is 31.2 Å². The third-order valence-electron chi connectivity index (χ3n) is 3.69. The molecule has 0 aliphatic heterocycles. The number of carboxylic acid groups (broad SMARTS) is 1. The molecule has 2 N–H and O–H groups in total. The fraction of sp³-hybridized carbons (Fsp3) is 0.167. The van der Waals surface area contributed by atoms with Gasteiger partial charge in [-0.2, -0.15) is 0 Å². The van der Waals surface area contributed by atoms with Crippen LogP contribution >= 0.6 is 112 Å². The summed E-state index contributed by atoms with van der Waals surface area (Å²) in [5, 5.41) is 10.1. The average Bonchev–Trinajstić information content (AvgIpc) is 2.83. The number of nitrogens with zero attached hydrogens (tertiary/aromatic N) is 1. The molecule has 215 valence electrons. The number of hydrogen-bond donors (Lipinski definition) is 1. The van der Waals surface area contributed by atoms with Gasteiger partial charge in [-0.05, 0) is 42.8 Å². The topological polar surface area (TPSA) is 87.6 Å². The van der Waals surface area contributed by atoms with Crippen molar-refractivity contribution in [1.82, 2.24) is 4.90 Å². The predicted octanol–water partition coefficient (Wildman–Crippen LogP) is 4.74. The minimum atomic E-state index is -0.995. The summed E-state index contributed by atoms with van der Waals surface area (Å²) in [7, 11) is 4.03. The summed E-state index contributed by atoms with van der Waals surface area (Å²) in [5.74, 6) is -1.06. The molecule has 0 unspecified atom stereocenters. The molecule has 0 aliphatic rings. The van der Waals surface area contributed by atoms with E-state index in [9.17, 15) is 9.59 Å². The molecule has 39 heavy (non-hydrogen) atoms. The Morgan fingerprint density at radius 1 is 0.795 bits per heavy atom. The number of carboxylic acids is 1. The van der Waals surface area contributed by atoms with Crippen LogP contribution in [0, 0.1) is 6.92 Å². The van der Waals surface area contributed by atoms with Crippen molar-refractivity contribution >= 4 is 124 Å². The van der Waals surface area contributed by atoms with Crippen LogP contribution in [0.15, 0.2) is 72.8 Å². The van der Waals surface area contributed by atoms with Gasteiger partial charge in [0.25, 0.3) is 5.91 Å². The molecule has 15 heteroatoms.